The second-order valence-corrected chi connectivity index (χ2v) is 6.34. The Balaban J connectivity index is 1.77. The highest BCUT2D eigenvalue weighted by atomic mass is 16.1. The topological polar surface area (TPSA) is 102 Å². The molecule has 0 saturated heterocycles. The second kappa shape index (κ2) is 7.46. The summed E-state index contributed by atoms with van der Waals surface area (Å²) in [5, 5.41) is 0. The van der Waals surface area contributed by atoms with Crippen LogP contribution in [0, 0.1) is 6.92 Å². The molecule has 0 aromatic carbocycles. The van der Waals surface area contributed by atoms with E-state index >= 15 is 0 Å². The van der Waals surface area contributed by atoms with E-state index < -0.39 is 0 Å². The summed E-state index contributed by atoms with van der Waals surface area (Å²) < 4.78 is 1.57. The highest BCUT2D eigenvalue weighted by Gasteiger charge is 2.13. The van der Waals surface area contributed by atoms with Gasteiger partial charge in [0.2, 0.25) is 0 Å². The summed E-state index contributed by atoms with van der Waals surface area (Å²) in [7, 11) is 0. The van der Waals surface area contributed by atoms with Crippen molar-refractivity contribution in [2.75, 3.05) is 5.73 Å². The smallest absolute Gasteiger partial charge is 0.328 e. The molecular weight excluding hydrogens is 316 g/mol. The first-order chi connectivity index (χ1) is 12.1. The molecule has 0 amide bonds. The van der Waals surface area contributed by atoms with E-state index in [1.54, 1.807) is 11.5 Å². The lowest BCUT2D eigenvalue weighted by Crippen LogP contribution is -2.18. The second-order valence-electron chi connectivity index (χ2n) is 6.34. The van der Waals surface area contributed by atoms with Crippen LogP contribution in [0.15, 0.2) is 23.1 Å². The van der Waals surface area contributed by atoms with Gasteiger partial charge < -0.3 is 10.7 Å². The monoisotopic (exact) mass is 340 g/mol. The molecular formula is C18H24N6O. The van der Waals surface area contributed by atoms with Gasteiger partial charge in [0.15, 0.2) is 11.5 Å². The molecule has 0 bridgehead atoms. The average molecular weight is 340 g/mol. The van der Waals surface area contributed by atoms with Crippen LogP contribution >= 0.6 is 0 Å². The number of hydrogen-bond donors (Lipinski definition) is 2. The van der Waals surface area contributed by atoms with Crippen molar-refractivity contribution < 1.29 is 0 Å². The van der Waals surface area contributed by atoms with E-state index in [1.165, 1.54) is 19.3 Å². The third-order valence-electron chi connectivity index (χ3n) is 4.28. The largest absolute Gasteiger partial charge is 0.382 e. The summed E-state index contributed by atoms with van der Waals surface area (Å²) in [6.07, 6.45) is 7.74. The zero-order chi connectivity index (χ0) is 17.8. The summed E-state index contributed by atoms with van der Waals surface area (Å²) >= 11 is 0. The maximum Gasteiger partial charge on any atom is 0.328 e. The number of imidazole rings is 1. The van der Waals surface area contributed by atoms with Gasteiger partial charge in [-0.1, -0.05) is 32.3 Å². The number of fused-ring (bicyclic) bond motifs is 1. The molecule has 3 N–H and O–H groups in total. The normalized spacial score (nSPS) is 11.3. The first-order valence-corrected chi connectivity index (χ1v) is 8.75. The molecule has 25 heavy (non-hydrogen) atoms. The molecule has 3 rings (SSSR count). The molecule has 3 aromatic heterocycles. The molecule has 0 spiro atoms. The van der Waals surface area contributed by atoms with Gasteiger partial charge in [-0.05, 0) is 31.4 Å². The van der Waals surface area contributed by atoms with Gasteiger partial charge in [0.1, 0.15) is 11.3 Å². The maximum atomic E-state index is 12.2. The standard InChI is InChI=1S/C18H24N6O/c1-3-4-5-6-7-14-9-8-13(10-20-14)11-24-17-15(23-18(24)25)16(19)21-12(2)22-17/h8-10H,3-7,11H2,1-2H3,(H,23,25)(H2,19,21,22). The molecule has 7 nitrogen and oxygen atoms in total. The lowest BCUT2D eigenvalue weighted by molar-refractivity contribution is 0.660. The van der Waals surface area contributed by atoms with Crippen LogP contribution in [0.3, 0.4) is 0 Å². The highest BCUT2D eigenvalue weighted by molar-refractivity contribution is 5.81. The predicted molar refractivity (Wildman–Crippen MR) is 98.5 cm³/mol. The minimum Gasteiger partial charge on any atom is -0.382 e. The Bertz CT molecular complexity index is 910. The molecule has 0 saturated carbocycles. The average Bonchev–Trinajstić information content (AvgIpc) is 2.90. The molecule has 0 aliphatic carbocycles. The fourth-order valence-electron chi connectivity index (χ4n) is 2.92. The van der Waals surface area contributed by atoms with Crippen molar-refractivity contribution in [3.63, 3.8) is 0 Å². The lowest BCUT2D eigenvalue weighted by Gasteiger charge is -2.05. The SMILES string of the molecule is CCCCCCc1ccc(Cn2c(=O)[nH]c3c(N)nc(C)nc32)cn1. The molecule has 3 aromatic rings. The molecule has 3 heterocycles. The minimum atomic E-state index is -0.245. The zero-order valence-corrected chi connectivity index (χ0v) is 14.7. The Morgan fingerprint density at radius 2 is 2.04 bits per heavy atom. The molecule has 7 heteroatoms. The van der Waals surface area contributed by atoms with Gasteiger partial charge in [-0.2, -0.15) is 0 Å². The van der Waals surface area contributed by atoms with Crippen molar-refractivity contribution in [3.8, 4) is 0 Å². The number of nitrogens with two attached hydrogens (primary N) is 1. The fraction of sp³-hybridized carbons (Fsp3) is 0.444. The third-order valence-corrected chi connectivity index (χ3v) is 4.28. The number of nitrogen functional groups attached to an aromatic ring is 1. The number of rotatable bonds is 7. The number of unbranched alkanes of at least 4 members (excludes halogenated alkanes) is 3. The number of nitrogens with one attached hydrogen (secondary N) is 1. The van der Waals surface area contributed by atoms with E-state index in [2.05, 4.69) is 26.9 Å². The van der Waals surface area contributed by atoms with E-state index in [-0.39, 0.29) is 5.69 Å². The quantitative estimate of drug-likeness (QED) is 0.644. The number of anilines is 1. The Hall–Kier alpha value is -2.70. The molecule has 132 valence electrons. The van der Waals surface area contributed by atoms with Crippen LogP contribution in [0.1, 0.15) is 49.7 Å². The van der Waals surface area contributed by atoms with Crippen LogP contribution < -0.4 is 11.4 Å². The number of H-pyrrole nitrogens is 1. The van der Waals surface area contributed by atoms with E-state index in [0.717, 1.165) is 24.1 Å². The van der Waals surface area contributed by atoms with Crippen molar-refractivity contribution in [1.29, 1.82) is 0 Å². The Labute approximate surface area is 146 Å². The molecule has 0 radical (unpaired) electrons. The summed E-state index contributed by atoms with van der Waals surface area (Å²) in [6.45, 7) is 4.37. The van der Waals surface area contributed by atoms with E-state index in [1.807, 2.05) is 18.3 Å². The van der Waals surface area contributed by atoms with Crippen LogP contribution in [0.5, 0.6) is 0 Å². The van der Waals surface area contributed by atoms with Crippen molar-refractivity contribution in [3.05, 3.63) is 45.9 Å². The van der Waals surface area contributed by atoms with Gasteiger partial charge >= 0.3 is 5.69 Å². The van der Waals surface area contributed by atoms with E-state index in [9.17, 15) is 4.79 Å². The van der Waals surface area contributed by atoms with Crippen LogP contribution in [0.25, 0.3) is 11.2 Å². The number of aryl methyl sites for hydroxylation is 2. The minimum absolute atomic E-state index is 0.245. The van der Waals surface area contributed by atoms with E-state index in [0.29, 0.717) is 29.4 Å². The Kier molecular flexibility index (Phi) is 5.11. The van der Waals surface area contributed by atoms with Crippen LogP contribution in [-0.2, 0) is 13.0 Å². The zero-order valence-electron chi connectivity index (χ0n) is 14.7. The summed E-state index contributed by atoms with van der Waals surface area (Å²) in [5.74, 6) is 0.831. The van der Waals surface area contributed by atoms with Gasteiger partial charge in [-0.15, -0.1) is 0 Å². The highest BCUT2D eigenvalue weighted by Crippen LogP contribution is 2.15. The predicted octanol–water partition coefficient (Wildman–Crippen LogP) is 2.58. The number of hydrogen-bond acceptors (Lipinski definition) is 5. The van der Waals surface area contributed by atoms with Crippen LogP contribution in [-0.4, -0.2) is 24.5 Å². The van der Waals surface area contributed by atoms with Gasteiger partial charge in [0.25, 0.3) is 0 Å². The first-order valence-electron chi connectivity index (χ1n) is 8.75. The molecule has 0 unspecified atom stereocenters. The van der Waals surface area contributed by atoms with Gasteiger partial charge in [-0.25, -0.2) is 14.8 Å². The van der Waals surface area contributed by atoms with Crippen molar-refractivity contribution in [1.82, 2.24) is 24.5 Å². The van der Waals surface area contributed by atoms with Gasteiger partial charge in [0.05, 0.1) is 6.54 Å². The summed E-state index contributed by atoms with van der Waals surface area (Å²) in [5.41, 5.74) is 8.68. The van der Waals surface area contributed by atoms with Crippen LogP contribution in [0.4, 0.5) is 5.82 Å². The Morgan fingerprint density at radius 1 is 1.20 bits per heavy atom. The van der Waals surface area contributed by atoms with Gasteiger partial charge in [0, 0.05) is 11.9 Å². The lowest BCUT2D eigenvalue weighted by atomic mass is 10.1. The van der Waals surface area contributed by atoms with Gasteiger partial charge in [-0.3, -0.25) is 9.55 Å². The number of nitrogens with zero attached hydrogens (tertiary/aromatic N) is 4. The summed E-state index contributed by atoms with van der Waals surface area (Å²) in [4.78, 5) is 27.9. The van der Waals surface area contributed by atoms with Crippen molar-refractivity contribution in [2.45, 2.75) is 52.5 Å². The molecule has 0 aliphatic heterocycles. The number of aromatic amines is 1. The molecule has 0 atom stereocenters. The Morgan fingerprint density at radius 3 is 2.76 bits per heavy atom. The van der Waals surface area contributed by atoms with Crippen molar-refractivity contribution >= 4 is 17.0 Å². The van der Waals surface area contributed by atoms with E-state index in [4.69, 9.17) is 5.73 Å². The summed E-state index contributed by atoms with van der Waals surface area (Å²) in [6, 6.07) is 4.06. The number of aromatic nitrogens is 5. The van der Waals surface area contributed by atoms with Crippen LogP contribution in [0.2, 0.25) is 0 Å². The molecule has 0 fully saturated rings. The maximum absolute atomic E-state index is 12.2. The van der Waals surface area contributed by atoms with Crippen molar-refractivity contribution in [2.24, 2.45) is 0 Å². The first kappa shape index (κ1) is 17.1. The third kappa shape index (κ3) is 3.87. The number of pyridine rings is 1. The fourth-order valence-corrected chi connectivity index (χ4v) is 2.92. The molecule has 0 aliphatic rings.